The SMILES string of the molecule is Cn1c(CNc2ccc(C#N)cc2)nc2cc(C(=O)C(CC(=O)O)Nc3ccccn3)ccc21. The van der Waals surface area contributed by atoms with Gasteiger partial charge in [0.25, 0.3) is 0 Å². The van der Waals surface area contributed by atoms with E-state index >= 15 is 0 Å². The maximum Gasteiger partial charge on any atom is 0.305 e. The van der Waals surface area contributed by atoms with Crippen LogP contribution in [0.15, 0.2) is 66.9 Å². The third-order valence-corrected chi connectivity index (χ3v) is 5.40. The first-order chi connectivity index (χ1) is 16.4. The van der Waals surface area contributed by atoms with E-state index < -0.39 is 12.0 Å². The number of carbonyl (C=O) groups excluding carboxylic acids is 1. The molecule has 170 valence electrons. The first-order valence-corrected chi connectivity index (χ1v) is 10.6. The largest absolute Gasteiger partial charge is 0.481 e. The van der Waals surface area contributed by atoms with Gasteiger partial charge in [-0.1, -0.05) is 6.07 Å². The van der Waals surface area contributed by atoms with E-state index in [1.807, 2.05) is 23.7 Å². The maximum absolute atomic E-state index is 13.2. The van der Waals surface area contributed by atoms with E-state index in [-0.39, 0.29) is 12.2 Å². The van der Waals surface area contributed by atoms with Crippen molar-refractivity contribution in [1.82, 2.24) is 14.5 Å². The van der Waals surface area contributed by atoms with Crippen LogP contribution in [-0.4, -0.2) is 37.4 Å². The molecule has 0 amide bonds. The number of pyridine rings is 1. The normalized spacial score (nSPS) is 11.5. The summed E-state index contributed by atoms with van der Waals surface area (Å²) >= 11 is 0. The first-order valence-electron chi connectivity index (χ1n) is 10.6. The Morgan fingerprint density at radius 2 is 1.94 bits per heavy atom. The molecule has 2 aromatic carbocycles. The molecule has 4 aromatic rings. The number of hydrogen-bond acceptors (Lipinski definition) is 7. The van der Waals surface area contributed by atoms with E-state index in [0.717, 1.165) is 17.0 Å². The molecule has 0 aliphatic heterocycles. The zero-order chi connectivity index (χ0) is 24.1. The van der Waals surface area contributed by atoms with Crippen LogP contribution in [-0.2, 0) is 18.4 Å². The number of fused-ring (bicyclic) bond motifs is 1. The Labute approximate surface area is 195 Å². The van der Waals surface area contributed by atoms with Gasteiger partial charge >= 0.3 is 5.97 Å². The van der Waals surface area contributed by atoms with Crippen molar-refractivity contribution in [3.8, 4) is 6.07 Å². The van der Waals surface area contributed by atoms with Crippen molar-refractivity contribution in [2.24, 2.45) is 7.05 Å². The van der Waals surface area contributed by atoms with Crippen molar-refractivity contribution in [1.29, 1.82) is 5.26 Å². The average molecular weight is 454 g/mol. The zero-order valence-corrected chi connectivity index (χ0v) is 18.4. The number of nitrogens with one attached hydrogen (secondary N) is 2. The third-order valence-electron chi connectivity index (χ3n) is 5.40. The number of aryl methyl sites for hydroxylation is 1. The smallest absolute Gasteiger partial charge is 0.305 e. The molecule has 9 heteroatoms. The molecular weight excluding hydrogens is 432 g/mol. The topological polar surface area (TPSA) is 133 Å². The number of benzene rings is 2. The summed E-state index contributed by atoms with van der Waals surface area (Å²) in [5.41, 5.74) is 3.30. The lowest BCUT2D eigenvalue weighted by atomic mass is 10.0. The Morgan fingerprint density at radius 3 is 2.62 bits per heavy atom. The van der Waals surface area contributed by atoms with Crippen LogP contribution in [0.4, 0.5) is 11.5 Å². The molecule has 34 heavy (non-hydrogen) atoms. The molecule has 9 nitrogen and oxygen atoms in total. The number of imidazole rings is 1. The van der Waals surface area contributed by atoms with E-state index in [1.165, 1.54) is 0 Å². The van der Waals surface area contributed by atoms with Crippen LogP contribution in [0.25, 0.3) is 11.0 Å². The fraction of sp³-hybridized carbons (Fsp3) is 0.160. The third kappa shape index (κ3) is 5.02. The summed E-state index contributed by atoms with van der Waals surface area (Å²) in [5.74, 6) is -0.246. The molecule has 4 rings (SSSR count). The molecule has 0 spiro atoms. The van der Waals surface area contributed by atoms with Gasteiger partial charge in [0.2, 0.25) is 0 Å². The van der Waals surface area contributed by atoms with Crippen LogP contribution in [0.1, 0.15) is 28.2 Å². The number of carboxylic acid groups (broad SMARTS) is 1. The molecule has 0 fully saturated rings. The minimum absolute atomic E-state index is 0.349. The van der Waals surface area contributed by atoms with Crippen molar-refractivity contribution >= 4 is 34.3 Å². The van der Waals surface area contributed by atoms with Crippen LogP contribution in [0.5, 0.6) is 0 Å². The zero-order valence-electron chi connectivity index (χ0n) is 18.4. The van der Waals surface area contributed by atoms with Gasteiger partial charge in [-0.25, -0.2) is 9.97 Å². The van der Waals surface area contributed by atoms with Crippen molar-refractivity contribution in [2.75, 3.05) is 10.6 Å². The number of aromatic nitrogens is 3. The van der Waals surface area contributed by atoms with Gasteiger partial charge in [-0.05, 0) is 54.6 Å². The monoisotopic (exact) mass is 454 g/mol. The summed E-state index contributed by atoms with van der Waals surface area (Å²) in [7, 11) is 1.89. The second-order valence-electron chi connectivity index (χ2n) is 7.71. The Hall–Kier alpha value is -4.71. The quantitative estimate of drug-likeness (QED) is 0.327. The lowest BCUT2D eigenvalue weighted by Crippen LogP contribution is -2.32. The minimum atomic E-state index is -1.09. The fourth-order valence-corrected chi connectivity index (χ4v) is 3.62. The molecule has 1 atom stereocenters. The number of rotatable bonds is 9. The molecule has 0 bridgehead atoms. The van der Waals surface area contributed by atoms with Crippen LogP contribution >= 0.6 is 0 Å². The van der Waals surface area contributed by atoms with Gasteiger partial charge in [0.1, 0.15) is 17.7 Å². The Bertz CT molecular complexity index is 1370. The summed E-state index contributed by atoms with van der Waals surface area (Å²) in [6, 6.07) is 18.6. The summed E-state index contributed by atoms with van der Waals surface area (Å²) in [4.78, 5) is 33.3. The van der Waals surface area contributed by atoms with Crippen LogP contribution in [0.2, 0.25) is 0 Å². The number of anilines is 2. The molecule has 0 saturated heterocycles. The predicted octanol–water partition coefficient (Wildman–Crippen LogP) is 3.59. The molecule has 0 radical (unpaired) electrons. The average Bonchev–Trinajstić information content (AvgIpc) is 3.17. The van der Waals surface area contributed by atoms with Gasteiger partial charge in [-0.15, -0.1) is 0 Å². The van der Waals surface area contributed by atoms with Crippen LogP contribution < -0.4 is 10.6 Å². The Balaban J connectivity index is 1.55. The van der Waals surface area contributed by atoms with Gasteiger partial charge in [0.15, 0.2) is 5.78 Å². The molecule has 0 aliphatic carbocycles. The van der Waals surface area contributed by atoms with Crippen LogP contribution in [0.3, 0.4) is 0 Å². The van der Waals surface area contributed by atoms with Gasteiger partial charge in [0, 0.05) is 24.5 Å². The van der Waals surface area contributed by atoms with Crippen molar-refractivity contribution in [2.45, 2.75) is 19.0 Å². The number of Topliss-reactive ketones (excluding diaryl/α,β-unsaturated/α-hetero) is 1. The van der Waals surface area contributed by atoms with Crippen molar-refractivity contribution in [3.63, 3.8) is 0 Å². The van der Waals surface area contributed by atoms with E-state index in [0.29, 0.717) is 29.0 Å². The number of aliphatic carboxylic acids is 1. The summed E-state index contributed by atoms with van der Waals surface area (Å²) in [6.45, 7) is 0.448. The molecule has 0 saturated carbocycles. The van der Waals surface area contributed by atoms with Crippen LogP contribution in [0, 0.1) is 11.3 Å². The highest BCUT2D eigenvalue weighted by Crippen LogP contribution is 2.20. The lowest BCUT2D eigenvalue weighted by molar-refractivity contribution is -0.137. The predicted molar refractivity (Wildman–Crippen MR) is 127 cm³/mol. The van der Waals surface area contributed by atoms with E-state index in [9.17, 15) is 14.7 Å². The van der Waals surface area contributed by atoms with Crippen molar-refractivity contribution < 1.29 is 14.7 Å². The highest BCUT2D eigenvalue weighted by Gasteiger charge is 2.24. The summed E-state index contributed by atoms with van der Waals surface area (Å²) < 4.78 is 1.93. The van der Waals surface area contributed by atoms with Crippen molar-refractivity contribution in [3.05, 3.63) is 83.8 Å². The highest BCUT2D eigenvalue weighted by atomic mass is 16.4. The number of nitrogens with zero attached hydrogens (tertiary/aromatic N) is 4. The van der Waals surface area contributed by atoms with E-state index in [2.05, 4.69) is 26.7 Å². The number of nitriles is 1. The molecule has 1 unspecified atom stereocenters. The van der Waals surface area contributed by atoms with Gasteiger partial charge < -0.3 is 20.3 Å². The Morgan fingerprint density at radius 1 is 1.15 bits per heavy atom. The summed E-state index contributed by atoms with van der Waals surface area (Å²) in [6.07, 6.45) is 1.19. The number of carboxylic acids is 1. The fourth-order valence-electron chi connectivity index (χ4n) is 3.62. The van der Waals surface area contributed by atoms with Gasteiger partial charge in [-0.2, -0.15) is 5.26 Å². The lowest BCUT2D eigenvalue weighted by Gasteiger charge is -2.16. The number of hydrogen-bond donors (Lipinski definition) is 3. The highest BCUT2D eigenvalue weighted by molar-refractivity contribution is 6.05. The second kappa shape index (κ2) is 9.83. The summed E-state index contributed by atoms with van der Waals surface area (Å²) in [5, 5.41) is 24.4. The van der Waals surface area contributed by atoms with Gasteiger partial charge in [-0.3, -0.25) is 9.59 Å². The number of ketones is 1. The Kier molecular flexibility index (Phi) is 6.50. The molecule has 2 heterocycles. The molecule has 0 aliphatic rings. The number of carbonyl (C=O) groups is 2. The van der Waals surface area contributed by atoms with Gasteiger partial charge in [0.05, 0.1) is 35.6 Å². The van der Waals surface area contributed by atoms with E-state index in [4.69, 9.17) is 5.26 Å². The maximum atomic E-state index is 13.2. The first kappa shape index (κ1) is 22.5. The second-order valence-corrected chi connectivity index (χ2v) is 7.71. The molecular formula is C25H22N6O3. The molecule has 2 aromatic heterocycles. The minimum Gasteiger partial charge on any atom is -0.481 e. The standard InChI is InChI=1S/C25H22N6O3/c1-31-21-10-7-17(25(34)20(13-24(32)33)29-22-4-2-3-11-27-22)12-19(21)30-23(31)15-28-18-8-5-16(14-26)6-9-18/h2-12,20,28H,13,15H2,1H3,(H,27,29)(H,32,33). The molecule has 3 N–H and O–H groups in total. The van der Waals surface area contributed by atoms with E-state index in [1.54, 1.807) is 54.7 Å².